The summed E-state index contributed by atoms with van der Waals surface area (Å²) in [6.07, 6.45) is 19.8. The molecule has 0 saturated heterocycles. The zero-order valence-corrected chi connectivity index (χ0v) is 25.7. The molecule has 5 aliphatic heterocycles. The van der Waals surface area contributed by atoms with Gasteiger partial charge in [0.1, 0.15) is 0 Å². The van der Waals surface area contributed by atoms with Crippen LogP contribution >= 0.6 is 0 Å². The van der Waals surface area contributed by atoms with Crippen molar-refractivity contribution in [3.8, 4) is 0 Å². The van der Waals surface area contributed by atoms with Crippen LogP contribution in [0.25, 0.3) is 22.3 Å². The predicted molar refractivity (Wildman–Crippen MR) is 195 cm³/mol. The van der Waals surface area contributed by atoms with Crippen LogP contribution in [0.4, 0.5) is 0 Å². The van der Waals surface area contributed by atoms with Crippen LogP contribution in [-0.2, 0) is 0 Å². The number of hydrogen-bond donors (Lipinski definition) is 0. The van der Waals surface area contributed by atoms with Crippen molar-refractivity contribution < 1.29 is 0 Å². The molecule has 0 radical (unpaired) electrons. The van der Waals surface area contributed by atoms with E-state index in [1.54, 1.807) is 0 Å². The van der Waals surface area contributed by atoms with Crippen molar-refractivity contribution in [3.05, 3.63) is 203 Å². The van der Waals surface area contributed by atoms with Gasteiger partial charge in [-0.1, -0.05) is 72.8 Å². The van der Waals surface area contributed by atoms with Gasteiger partial charge >= 0.3 is 0 Å². The molecule has 2 aromatic heterocycles. The molecule has 0 saturated carbocycles. The molecular weight excluding hydrogens is 589 g/mol. The van der Waals surface area contributed by atoms with E-state index in [9.17, 15) is 0 Å². The molecule has 224 valence electrons. The smallest absolute Gasteiger partial charge is 0.0847 e. The average molecular weight is 615 g/mol. The number of hydrogen-bond acceptors (Lipinski definition) is 6. The molecule has 0 unspecified atom stereocenters. The first kappa shape index (κ1) is 27.6. The van der Waals surface area contributed by atoms with Gasteiger partial charge in [-0.15, -0.1) is 0 Å². The number of fused-ring (bicyclic) bond motifs is 4. The normalized spacial score (nSPS) is 17.8. The molecule has 48 heavy (non-hydrogen) atoms. The monoisotopic (exact) mass is 614 g/mol. The number of aliphatic imine (C=N–C) groups is 4. The van der Waals surface area contributed by atoms with Crippen LogP contribution in [-0.4, -0.2) is 32.8 Å². The molecule has 0 amide bonds. The molecule has 7 heterocycles. The van der Waals surface area contributed by atoms with Gasteiger partial charge in [0.25, 0.3) is 0 Å². The summed E-state index contributed by atoms with van der Waals surface area (Å²) in [4.78, 5) is 30.3. The first-order chi connectivity index (χ1) is 23.8. The molecule has 0 spiro atoms. The Hall–Kier alpha value is -6.66. The van der Waals surface area contributed by atoms with E-state index in [4.69, 9.17) is 29.9 Å². The van der Waals surface area contributed by atoms with E-state index < -0.39 is 0 Å². The Labute approximate surface area is 277 Å². The second-order valence-corrected chi connectivity index (χ2v) is 11.6. The van der Waals surface area contributed by atoms with Gasteiger partial charge in [0.2, 0.25) is 0 Å². The molecule has 0 N–H and O–H groups in total. The van der Waals surface area contributed by atoms with Crippen LogP contribution < -0.4 is 0 Å². The Bertz CT molecular complexity index is 2380. The Morgan fingerprint density at radius 3 is 1.62 bits per heavy atom. The lowest BCUT2D eigenvalue weighted by Crippen LogP contribution is -2.08. The topological polar surface area (TPSA) is 75.2 Å². The quantitative estimate of drug-likeness (QED) is 0.231. The van der Waals surface area contributed by atoms with Crippen molar-refractivity contribution in [2.45, 2.75) is 0 Å². The van der Waals surface area contributed by atoms with Crippen LogP contribution in [0.15, 0.2) is 201 Å². The highest BCUT2D eigenvalue weighted by Gasteiger charge is 2.33. The maximum absolute atomic E-state index is 5.50. The Balaban J connectivity index is 1.43. The second kappa shape index (κ2) is 11.6. The third-order valence-corrected chi connectivity index (χ3v) is 8.47. The van der Waals surface area contributed by atoms with E-state index in [2.05, 4.69) is 60.7 Å². The summed E-state index contributed by atoms with van der Waals surface area (Å²) in [6, 6.07) is 32.8. The predicted octanol–water partition coefficient (Wildman–Crippen LogP) is 8.48. The molecule has 6 heteroatoms. The standard InChI is InChI=1S/C42H26N6/c1-3-11-27(12-4-1)38-37-26-32-20-19-30(46-32)23-29-17-18-31(45-29)24-33-25-34(35-15-7-9-21-43-35)41(47-33)40(36-16-8-10-22-44-36)42(48-37)39(38)28-13-5-2-6-14-28/h1-26H. The van der Waals surface area contributed by atoms with Crippen LogP contribution in [0.2, 0.25) is 0 Å². The van der Waals surface area contributed by atoms with Crippen LogP contribution in [0.1, 0.15) is 22.5 Å². The first-order valence-electron chi connectivity index (χ1n) is 15.8. The second-order valence-electron chi connectivity index (χ2n) is 11.6. The molecule has 8 bridgehead atoms. The van der Waals surface area contributed by atoms with E-state index in [1.807, 2.05) is 97.4 Å². The van der Waals surface area contributed by atoms with Gasteiger partial charge in [0.15, 0.2) is 0 Å². The molecular formula is C42H26N6. The van der Waals surface area contributed by atoms with E-state index in [1.165, 1.54) is 0 Å². The van der Waals surface area contributed by atoms with E-state index in [-0.39, 0.29) is 0 Å². The minimum absolute atomic E-state index is 0.749. The summed E-state index contributed by atoms with van der Waals surface area (Å²) >= 11 is 0. The zero-order valence-electron chi connectivity index (χ0n) is 25.7. The first-order valence-corrected chi connectivity index (χ1v) is 15.8. The fourth-order valence-corrected chi connectivity index (χ4v) is 6.39. The van der Waals surface area contributed by atoms with Gasteiger partial charge < -0.3 is 0 Å². The number of aromatic nitrogens is 2. The van der Waals surface area contributed by atoms with Crippen molar-refractivity contribution in [2.24, 2.45) is 20.0 Å². The highest BCUT2D eigenvalue weighted by atomic mass is 14.9. The summed E-state index contributed by atoms with van der Waals surface area (Å²) in [5.41, 5.74) is 13.8. The highest BCUT2D eigenvalue weighted by molar-refractivity contribution is 6.50. The van der Waals surface area contributed by atoms with Crippen LogP contribution in [0.5, 0.6) is 0 Å². The zero-order chi connectivity index (χ0) is 31.9. The number of rotatable bonds is 4. The van der Waals surface area contributed by atoms with Crippen LogP contribution in [0.3, 0.4) is 0 Å². The van der Waals surface area contributed by atoms with Gasteiger partial charge in [-0.25, -0.2) is 20.0 Å². The van der Waals surface area contributed by atoms with Crippen molar-refractivity contribution in [1.82, 2.24) is 9.97 Å². The Morgan fingerprint density at radius 1 is 0.396 bits per heavy atom. The van der Waals surface area contributed by atoms with E-state index >= 15 is 0 Å². The molecule has 0 atom stereocenters. The molecule has 4 aromatic rings. The minimum atomic E-state index is 0.749. The summed E-state index contributed by atoms with van der Waals surface area (Å²) in [5.74, 6) is 0. The molecule has 5 aliphatic rings. The van der Waals surface area contributed by atoms with Crippen molar-refractivity contribution >= 4 is 45.1 Å². The lowest BCUT2D eigenvalue weighted by Gasteiger charge is -2.16. The number of nitrogens with zero attached hydrogens (tertiary/aromatic N) is 6. The number of benzene rings is 2. The van der Waals surface area contributed by atoms with Crippen LogP contribution in [0, 0.1) is 0 Å². The maximum Gasteiger partial charge on any atom is 0.0847 e. The third kappa shape index (κ3) is 5.02. The van der Waals surface area contributed by atoms with Gasteiger partial charge in [0.05, 0.1) is 62.6 Å². The summed E-state index contributed by atoms with van der Waals surface area (Å²) < 4.78 is 0. The van der Waals surface area contributed by atoms with Crippen molar-refractivity contribution in [2.75, 3.05) is 0 Å². The molecule has 6 nitrogen and oxygen atoms in total. The molecule has 0 aliphatic carbocycles. The van der Waals surface area contributed by atoms with Gasteiger partial charge in [-0.05, 0) is 84.0 Å². The maximum atomic E-state index is 5.50. The summed E-state index contributed by atoms with van der Waals surface area (Å²) in [6.45, 7) is 0. The fourth-order valence-electron chi connectivity index (χ4n) is 6.39. The third-order valence-electron chi connectivity index (χ3n) is 8.47. The Kier molecular flexibility index (Phi) is 6.68. The van der Waals surface area contributed by atoms with E-state index in [0.717, 1.165) is 90.4 Å². The number of pyridine rings is 2. The average Bonchev–Trinajstić information content (AvgIpc) is 3.94. The van der Waals surface area contributed by atoms with Crippen molar-refractivity contribution in [3.63, 3.8) is 0 Å². The van der Waals surface area contributed by atoms with E-state index in [0.29, 0.717) is 0 Å². The number of allylic oxidation sites excluding steroid dienone is 12. The summed E-state index contributed by atoms with van der Waals surface area (Å²) in [5, 5.41) is 0. The minimum Gasteiger partial charge on any atom is -0.256 e. The van der Waals surface area contributed by atoms with Gasteiger partial charge in [-0.2, -0.15) is 0 Å². The lowest BCUT2D eigenvalue weighted by atomic mass is 9.87. The molecule has 9 rings (SSSR count). The highest BCUT2D eigenvalue weighted by Crippen LogP contribution is 2.45. The molecule has 0 fully saturated rings. The van der Waals surface area contributed by atoms with Gasteiger partial charge in [0, 0.05) is 29.1 Å². The Morgan fingerprint density at radius 2 is 0.979 bits per heavy atom. The van der Waals surface area contributed by atoms with Gasteiger partial charge in [-0.3, -0.25) is 9.97 Å². The lowest BCUT2D eigenvalue weighted by molar-refractivity contribution is 1.27. The molecule has 2 aromatic carbocycles. The fraction of sp³-hybridized carbons (Fsp3) is 0. The van der Waals surface area contributed by atoms with Crippen molar-refractivity contribution in [1.29, 1.82) is 0 Å². The SMILES string of the molecule is C1=CC2=NC1=CC1=NC(=C(c3ccccn3)C3=NC(=CC4=NC(=C2)C=C4)C=C3c2ccccn2)C(c2ccccc2)=C1c1ccccc1. The largest absolute Gasteiger partial charge is 0.256 e. The summed E-state index contributed by atoms with van der Waals surface area (Å²) in [7, 11) is 0.